The summed E-state index contributed by atoms with van der Waals surface area (Å²) in [5, 5.41) is 10.9. The quantitative estimate of drug-likeness (QED) is 0.870. The van der Waals surface area contributed by atoms with E-state index in [2.05, 4.69) is 47.4 Å². The van der Waals surface area contributed by atoms with Crippen molar-refractivity contribution in [1.82, 2.24) is 20.2 Å². The first kappa shape index (κ1) is 9.60. The van der Waals surface area contributed by atoms with Crippen molar-refractivity contribution in [3.63, 3.8) is 0 Å². The molecule has 0 unspecified atom stereocenters. The molecule has 0 amide bonds. The van der Waals surface area contributed by atoms with Crippen LogP contribution >= 0.6 is 31.9 Å². The molecule has 2 rings (SSSR count). The summed E-state index contributed by atoms with van der Waals surface area (Å²) in [4.78, 5) is 0. The molecule has 5 nitrogen and oxygen atoms in total. The number of rotatable bonds is 1. The number of aromatic nitrogens is 4. The predicted molar refractivity (Wildman–Crippen MR) is 59.0 cm³/mol. The van der Waals surface area contributed by atoms with Crippen molar-refractivity contribution in [3.05, 3.63) is 27.1 Å². The standard InChI is InChI=1S/C7H5Br2N5/c8-4-2-1-3-5(9)6(4)14-7(10)11-12-13-14/h1-3H,(H2,10,11,13). The highest BCUT2D eigenvalue weighted by Gasteiger charge is 2.11. The van der Waals surface area contributed by atoms with Crippen LogP contribution in [0.3, 0.4) is 0 Å². The molecule has 14 heavy (non-hydrogen) atoms. The number of nitrogen functional groups attached to an aromatic ring is 1. The summed E-state index contributed by atoms with van der Waals surface area (Å²) in [7, 11) is 0. The Morgan fingerprint density at radius 1 is 1.21 bits per heavy atom. The zero-order valence-corrected chi connectivity index (χ0v) is 10.0. The Bertz CT molecular complexity index is 447. The van der Waals surface area contributed by atoms with Gasteiger partial charge in [-0.2, -0.15) is 4.68 Å². The minimum atomic E-state index is 0.248. The number of nitrogens with zero attached hydrogens (tertiary/aromatic N) is 4. The van der Waals surface area contributed by atoms with Gasteiger partial charge in [0, 0.05) is 8.95 Å². The highest BCUT2D eigenvalue weighted by molar-refractivity contribution is 9.11. The van der Waals surface area contributed by atoms with Crippen LogP contribution in [0.5, 0.6) is 0 Å². The number of hydrogen-bond acceptors (Lipinski definition) is 4. The number of hydrogen-bond donors (Lipinski definition) is 1. The minimum Gasteiger partial charge on any atom is -0.366 e. The van der Waals surface area contributed by atoms with Gasteiger partial charge < -0.3 is 5.73 Å². The maximum atomic E-state index is 5.60. The predicted octanol–water partition coefficient (Wildman–Crippen LogP) is 1.77. The van der Waals surface area contributed by atoms with Crippen molar-refractivity contribution in [2.45, 2.75) is 0 Å². The smallest absolute Gasteiger partial charge is 0.245 e. The second-order valence-corrected chi connectivity index (χ2v) is 4.23. The zero-order valence-electron chi connectivity index (χ0n) is 6.85. The molecule has 0 fully saturated rings. The summed E-state index contributed by atoms with van der Waals surface area (Å²) in [5.74, 6) is 0.248. The Hall–Kier alpha value is -0.950. The summed E-state index contributed by atoms with van der Waals surface area (Å²) >= 11 is 6.80. The number of para-hydroxylation sites is 1. The lowest BCUT2D eigenvalue weighted by molar-refractivity contribution is 0.787. The van der Waals surface area contributed by atoms with E-state index < -0.39 is 0 Å². The van der Waals surface area contributed by atoms with Gasteiger partial charge in [0.05, 0.1) is 5.69 Å². The number of tetrazole rings is 1. The van der Waals surface area contributed by atoms with Crippen LogP contribution in [0, 0.1) is 0 Å². The maximum absolute atomic E-state index is 5.60. The molecule has 1 aromatic heterocycles. The first-order valence-electron chi connectivity index (χ1n) is 3.68. The van der Waals surface area contributed by atoms with E-state index in [9.17, 15) is 0 Å². The molecule has 0 saturated heterocycles. The lowest BCUT2D eigenvalue weighted by atomic mass is 10.3. The Morgan fingerprint density at radius 3 is 2.36 bits per heavy atom. The average molecular weight is 319 g/mol. The van der Waals surface area contributed by atoms with Gasteiger partial charge in [0.25, 0.3) is 0 Å². The van der Waals surface area contributed by atoms with Gasteiger partial charge in [-0.25, -0.2) is 0 Å². The third kappa shape index (κ3) is 1.53. The van der Waals surface area contributed by atoms with E-state index in [1.54, 1.807) is 0 Å². The van der Waals surface area contributed by atoms with Crippen LogP contribution in [0.25, 0.3) is 5.69 Å². The SMILES string of the molecule is Nc1nnnn1-c1c(Br)cccc1Br. The second kappa shape index (κ2) is 3.66. The summed E-state index contributed by atoms with van der Waals surface area (Å²) in [6, 6.07) is 5.68. The van der Waals surface area contributed by atoms with E-state index >= 15 is 0 Å². The van der Waals surface area contributed by atoms with Crippen LogP contribution in [0.2, 0.25) is 0 Å². The normalized spacial score (nSPS) is 10.4. The molecule has 0 aliphatic rings. The van der Waals surface area contributed by atoms with Crippen molar-refractivity contribution in [2.75, 3.05) is 5.73 Å². The molecule has 2 N–H and O–H groups in total. The molecule has 72 valence electrons. The van der Waals surface area contributed by atoms with E-state index in [0.717, 1.165) is 14.6 Å². The highest BCUT2D eigenvalue weighted by atomic mass is 79.9. The first-order chi connectivity index (χ1) is 6.70. The van der Waals surface area contributed by atoms with Crippen molar-refractivity contribution >= 4 is 37.8 Å². The van der Waals surface area contributed by atoms with Crippen LogP contribution in [0.4, 0.5) is 5.95 Å². The molecule has 0 aliphatic heterocycles. The number of nitrogens with two attached hydrogens (primary N) is 1. The van der Waals surface area contributed by atoms with Gasteiger partial charge in [-0.15, -0.1) is 0 Å². The van der Waals surface area contributed by atoms with E-state index in [1.807, 2.05) is 18.2 Å². The average Bonchev–Trinajstić information content (AvgIpc) is 2.52. The minimum absolute atomic E-state index is 0.248. The van der Waals surface area contributed by atoms with Gasteiger partial charge in [-0.3, -0.25) is 0 Å². The Morgan fingerprint density at radius 2 is 1.86 bits per heavy atom. The van der Waals surface area contributed by atoms with Crippen LogP contribution in [0.1, 0.15) is 0 Å². The fourth-order valence-electron chi connectivity index (χ4n) is 1.04. The third-order valence-electron chi connectivity index (χ3n) is 1.64. The van der Waals surface area contributed by atoms with Gasteiger partial charge in [0.1, 0.15) is 0 Å². The first-order valence-corrected chi connectivity index (χ1v) is 5.27. The molecule has 1 heterocycles. The molecule has 0 bridgehead atoms. The van der Waals surface area contributed by atoms with Crippen LogP contribution in [0.15, 0.2) is 27.1 Å². The number of anilines is 1. The molecular formula is C7H5Br2N5. The van der Waals surface area contributed by atoms with Gasteiger partial charge >= 0.3 is 0 Å². The van der Waals surface area contributed by atoms with E-state index in [0.29, 0.717) is 0 Å². The van der Waals surface area contributed by atoms with Gasteiger partial charge in [0.2, 0.25) is 5.95 Å². The lowest BCUT2D eigenvalue weighted by Crippen LogP contribution is -2.04. The molecule has 0 radical (unpaired) electrons. The van der Waals surface area contributed by atoms with Gasteiger partial charge in [-0.1, -0.05) is 11.2 Å². The second-order valence-electron chi connectivity index (χ2n) is 2.52. The molecule has 0 aliphatic carbocycles. The largest absolute Gasteiger partial charge is 0.366 e. The molecule has 0 saturated carbocycles. The molecule has 0 spiro atoms. The Labute approximate surface area is 96.5 Å². The van der Waals surface area contributed by atoms with Crippen molar-refractivity contribution in [1.29, 1.82) is 0 Å². The Kier molecular flexibility index (Phi) is 2.51. The molecule has 7 heteroatoms. The highest BCUT2D eigenvalue weighted by Crippen LogP contribution is 2.29. The zero-order chi connectivity index (χ0) is 10.1. The van der Waals surface area contributed by atoms with Gasteiger partial charge in [0.15, 0.2) is 0 Å². The van der Waals surface area contributed by atoms with Gasteiger partial charge in [-0.05, 0) is 54.4 Å². The molecule has 1 aromatic carbocycles. The van der Waals surface area contributed by atoms with Crippen LogP contribution in [-0.4, -0.2) is 20.2 Å². The van der Waals surface area contributed by atoms with E-state index in [1.165, 1.54) is 4.68 Å². The lowest BCUT2D eigenvalue weighted by Gasteiger charge is -2.06. The van der Waals surface area contributed by atoms with Crippen LogP contribution in [-0.2, 0) is 0 Å². The van der Waals surface area contributed by atoms with Crippen LogP contribution < -0.4 is 5.73 Å². The monoisotopic (exact) mass is 317 g/mol. The Balaban J connectivity index is 2.68. The van der Waals surface area contributed by atoms with Crippen molar-refractivity contribution in [3.8, 4) is 5.69 Å². The molecule has 2 aromatic rings. The van der Waals surface area contributed by atoms with E-state index in [4.69, 9.17) is 5.73 Å². The van der Waals surface area contributed by atoms with Crippen molar-refractivity contribution < 1.29 is 0 Å². The summed E-state index contributed by atoms with van der Waals surface area (Å²) < 4.78 is 3.19. The summed E-state index contributed by atoms with van der Waals surface area (Å²) in [6.45, 7) is 0. The van der Waals surface area contributed by atoms with Crippen molar-refractivity contribution in [2.24, 2.45) is 0 Å². The third-order valence-corrected chi connectivity index (χ3v) is 2.92. The number of benzene rings is 1. The molecular weight excluding hydrogens is 314 g/mol. The molecule has 0 atom stereocenters. The topological polar surface area (TPSA) is 69.6 Å². The summed E-state index contributed by atoms with van der Waals surface area (Å²) in [6.07, 6.45) is 0. The van der Waals surface area contributed by atoms with E-state index in [-0.39, 0.29) is 5.95 Å². The number of halogens is 2. The maximum Gasteiger partial charge on any atom is 0.245 e. The fourth-order valence-corrected chi connectivity index (χ4v) is 2.38. The summed E-state index contributed by atoms with van der Waals surface area (Å²) in [5.41, 5.74) is 6.38. The fraction of sp³-hybridized carbons (Fsp3) is 0.